The monoisotopic (exact) mass is 386 g/mol. The van der Waals surface area contributed by atoms with Gasteiger partial charge in [-0.15, -0.1) is 0 Å². The molecule has 1 aromatic heterocycles. The molecular formula is C20H17F3N4O. The molecule has 3 aromatic rings. The third-order valence-electron chi connectivity index (χ3n) is 4.10. The normalized spacial score (nSPS) is 10.6. The lowest BCUT2D eigenvalue weighted by atomic mass is 10.1. The van der Waals surface area contributed by atoms with E-state index in [4.69, 9.17) is 0 Å². The van der Waals surface area contributed by atoms with Crippen molar-refractivity contribution in [3.05, 3.63) is 76.5 Å². The number of aryl methyl sites for hydroxylation is 3. The Hall–Kier alpha value is -3.42. The zero-order chi connectivity index (χ0) is 20.4. The fraction of sp³-hybridized carbons (Fsp3) is 0.150. The number of nitrogens with zero attached hydrogens (tertiary/aromatic N) is 2. The zero-order valence-electron chi connectivity index (χ0n) is 15.4. The highest BCUT2D eigenvalue weighted by Gasteiger charge is 2.15. The summed E-state index contributed by atoms with van der Waals surface area (Å²) in [5.41, 5.74) is 3.39. The quantitative estimate of drug-likeness (QED) is 0.631. The molecule has 0 saturated carbocycles. The Balaban J connectivity index is 1.76. The SMILES string of the molecule is Cc1cc(C)c(NC(=O)c2cnc(Nc3ccc(F)c(F)c3F)cn2)c(C)c1. The minimum absolute atomic E-state index is 0.0516. The van der Waals surface area contributed by atoms with Crippen molar-refractivity contribution < 1.29 is 18.0 Å². The van der Waals surface area contributed by atoms with Gasteiger partial charge in [0.1, 0.15) is 11.5 Å². The second kappa shape index (κ2) is 7.67. The summed E-state index contributed by atoms with van der Waals surface area (Å²) in [6.45, 7) is 5.76. The summed E-state index contributed by atoms with van der Waals surface area (Å²) in [5.74, 6) is -4.62. The minimum Gasteiger partial charge on any atom is -0.336 e. The molecule has 0 radical (unpaired) electrons. The number of halogens is 3. The molecule has 2 N–H and O–H groups in total. The summed E-state index contributed by atoms with van der Waals surface area (Å²) in [7, 11) is 0. The van der Waals surface area contributed by atoms with Gasteiger partial charge < -0.3 is 10.6 Å². The molecule has 1 amide bonds. The van der Waals surface area contributed by atoms with Crippen LogP contribution in [0.15, 0.2) is 36.7 Å². The van der Waals surface area contributed by atoms with E-state index in [9.17, 15) is 18.0 Å². The van der Waals surface area contributed by atoms with E-state index in [-0.39, 0.29) is 17.2 Å². The summed E-state index contributed by atoms with van der Waals surface area (Å²) in [6, 6.07) is 5.75. The molecule has 0 aliphatic rings. The molecule has 1 heterocycles. The third kappa shape index (κ3) is 3.95. The number of aromatic nitrogens is 2. The van der Waals surface area contributed by atoms with E-state index in [1.54, 1.807) is 0 Å². The summed E-state index contributed by atoms with van der Waals surface area (Å²) in [5, 5.41) is 5.29. The maximum absolute atomic E-state index is 13.7. The van der Waals surface area contributed by atoms with Crippen LogP contribution >= 0.6 is 0 Å². The molecule has 28 heavy (non-hydrogen) atoms. The van der Waals surface area contributed by atoms with Gasteiger partial charge in [0.05, 0.1) is 18.1 Å². The lowest BCUT2D eigenvalue weighted by molar-refractivity contribution is 0.102. The highest BCUT2D eigenvalue weighted by Crippen LogP contribution is 2.24. The van der Waals surface area contributed by atoms with Gasteiger partial charge in [0.2, 0.25) is 0 Å². The first-order valence-corrected chi connectivity index (χ1v) is 8.38. The molecule has 0 aliphatic carbocycles. The number of carbonyl (C=O) groups is 1. The van der Waals surface area contributed by atoms with Gasteiger partial charge in [-0.1, -0.05) is 17.7 Å². The second-order valence-electron chi connectivity index (χ2n) is 6.36. The number of rotatable bonds is 4. The van der Waals surface area contributed by atoms with E-state index in [0.717, 1.165) is 28.8 Å². The van der Waals surface area contributed by atoms with Crippen molar-refractivity contribution in [1.29, 1.82) is 0 Å². The molecule has 0 saturated heterocycles. The summed E-state index contributed by atoms with van der Waals surface area (Å²) in [4.78, 5) is 20.4. The van der Waals surface area contributed by atoms with Crippen molar-refractivity contribution in [2.75, 3.05) is 10.6 Å². The highest BCUT2D eigenvalue weighted by molar-refractivity contribution is 6.03. The standard InChI is InChI=1S/C20H17F3N4O/c1-10-6-11(2)19(12(3)7-10)27-20(28)15-8-25-16(9-24-15)26-14-5-4-13(21)17(22)18(14)23/h4-9H,1-3H3,(H,25,26)(H,27,28). The molecule has 5 nitrogen and oxygen atoms in total. The molecule has 0 unspecified atom stereocenters. The molecule has 0 bridgehead atoms. The van der Waals surface area contributed by atoms with Crippen LogP contribution in [-0.4, -0.2) is 15.9 Å². The number of anilines is 3. The molecule has 0 atom stereocenters. The smallest absolute Gasteiger partial charge is 0.275 e. The van der Waals surface area contributed by atoms with Crippen LogP contribution in [0.1, 0.15) is 27.2 Å². The Morgan fingerprint density at radius 3 is 2.21 bits per heavy atom. The highest BCUT2D eigenvalue weighted by atomic mass is 19.2. The van der Waals surface area contributed by atoms with E-state index in [1.165, 1.54) is 12.4 Å². The molecule has 0 spiro atoms. The first kappa shape index (κ1) is 19.3. The van der Waals surface area contributed by atoms with Crippen LogP contribution in [-0.2, 0) is 0 Å². The number of amides is 1. The second-order valence-corrected chi connectivity index (χ2v) is 6.36. The maximum atomic E-state index is 13.7. The third-order valence-corrected chi connectivity index (χ3v) is 4.10. The topological polar surface area (TPSA) is 66.9 Å². The number of benzene rings is 2. The molecule has 2 aromatic carbocycles. The fourth-order valence-electron chi connectivity index (χ4n) is 2.83. The summed E-state index contributed by atoms with van der Waals surface area (Å²) >= 11 is 0. The first-order valence-electron chi connectivity index (χ1n) is 8.38. The first-order chi connectivity index (χ1) is 13.3. The van der Waals surface area contributed by atoms with Gasteiger partial charge in [0.25, 0.3) is 5.91 Å². The molecule has 144 valence electrons. The number of hydrogen-bond acceptors (Lipinski definition) is 4. The van der Waals surface area contributed by atoms with Crippen LogP contribution < -0.4 is 10.6 Å². The maximum Gasteiger partial charge on any atom is 0.275 e. The van der Waals surface area contributed by atoms with Crippen molar-refractivity contribution in [1.82, 2.24) is 9.97 Å². The van der Waals surface area contributed by atoms with E-state index in [0.29, 0.717) is 5.69 Å². The van der Waals surface area contributed by atoms with Gasteiger partial charge in [-0.05, 0) is 44.0 Å². The average molecular weight is 386 g/mol. The summed E-state index contributed by atoms with van der Waals surface area (Å²) in [6.07, 6.45) is 2.40. The van der Waals surface area contributed by atoms with Crippen molar-refractivity contribution in [2.45, 2.75) is 20.8 Å². The molecule has 3 rings (SSSR count). The van der Waals surface area contributed by atoms with Gasteiger partial charge in [-0.25, -0.2) is 23.1 Å². The molecule has 0 fully saturated rings. The van der Waals surface area contributed by atoms with Crippen LogP contribution in [0.3, 0.4) is 0 Å². The van der Waals surface area contributed by atoms with E-state index >= 15 is 0 Å². The number of carbonyl (C=O) groups excluding carboxylic acids is 1. The van der Waals surface area contributed by atoms with Gasteiger partial charge >= 0.3 is 0 Å². The van der Waals surface area contributed by atoms with Gasteiger partial charge in [0, 0.05) is 5.69 Å². The lowest BCUT2D eigenvalue weighted by Gasteiger charge is -2.12. The van der Waals surface area contributed by atoms with Crippen LogP contribution in [0.2, 0.25) is 0 Å². The van der Waals surface area contributed by atoms with Crippen LogP contribution in [0, 0.1) is 38.2 Å². The fourth-order valence-corrected chi connectivity index (χ4v) is 2.83. The summed E-state index contributed by atoms with van der Waals surface area (Å²) < 4.78 is 40.0. The average Bonchev–Trinajstić information content (AvgIpc) is 2.65. The Kier molecular flexibility index (Phi) is 5.30. The Morgan fingerprint density at radius 1 is 0.929 bits per heavy atom. The lowest BCUT2D eigenvalue weighted by Crippen LogP contribution is -2.16. The number of nitrogens with one attached hydrogen (secondary N) is 2. The van der Waals surface area contributed by atoms with Crippen molar-refractivity contribution in [3.63, 3.8) is 0 Å². The van der Waals surface area contributed by atoms with Gasteiger partial charge in [0.15, 0.2) is 17.5 Å². The van der Waals surface area contributed by atoms with Crippen LogP contribution in [0.5, 0.6) is 0 Å². The molecular weight excluding hydrogens is 369 g/mol. The van der Waals surface area contributed by atoms with Crippen LogP contribution in [0.4, 0.5) is 30.4 Å². The molecule has 0 aliphatic heterocycles. The largest absolute Gasteiger partial charge is 0.336 e. The predicted molar refractivity (Wildman–Crippen MR) is 100 cm³/mol. The van der Waals surface area contributed by atoms with Crippen molar-refractivity contribution >= 4 is 23.1 Å². The predicted octanol–water partition coefficient (Wildman–Crippen LogP) is 4.82. The Labute approximate surface area is 159 Å². The van der Waals surface area contributed by atoms with E-state index < -0.39 is 23.4 Å². The molecule has 8 heteroatoms. The van der Waals surface area contributed by atoms with E-state index in [2.05, 4.69) is 20.6 Å². The van der Waals surface area contributed by atoms with Crippen LogP contribution in [0.25, 0.3) is 0 Å². The van der Waals surface area contributed by atoms with Crippen molar-refractivity contribution in [2.24, 2.45) is 0 Å². The van der Waals surface area contributed by atoms with Gasteiger partial charge in [-0.2, -0.15) is 0 Å². The Morgan fingerprint density at radius 2 is 1.61 bits per heavy atom. The van der Waals surface area contributed by atoms with Gasteiger partial charge in [-0.3, -0.25) is 4.79 Å². The zero-order valence-corrected chi connectivity index (χ0v) is 15.4. The van der Waals surface area contributed by atoms with E-state index in [1.807, 2.05) is 32.9 Å². The minimum atomic E-state index is -1.59. The van der Waals surface area contributed by atoms with Crippen molar-refractivity contribution in [3.8, 4) is 0 Å². The number of hydrogen-bond donors (Lipinski definition) is 2. The Bertz CT molecular complexity index is 1030.